The summed E-state index contributed by atoms with van der Waals surface area (Å²) in [7, 11) is 0. The van der Waals surface area contributed by atoms with Gasteiger partial charge < -0.3 is 9.15 Å². The van der Waals surface area contributed by atoms with E-state index in [0.717, 1.165) is 16.7 Å². The molecular weight excluding hydrogens is 272 g/mol. The fraction of sp³-hybridized carbons (Fsp3) is 0.188. The first-order valence-corrected chi connectivity index (χ1v) is 7.34. The molecule has 0 aliphatic rings. The average molecular weight is 286 g/mol. The normalized spacial score (nSPS) is 10.8. The number of hydrogen-bond donors (Lipinski definition) is 0. The van der Waals surface area contributed by atoms with Gasteiger partial charge in [-0.1, -0.05) is 18.2 Å². The first kappa shape index (κ1) is 12.9. The van der Waals surface area contributed by atoms with Gasteiger partial charge in [-0.25, -0.2) is 0 Å². The fourth-order valence-corrected chi connectivity index (χ4v) is 3.00. The first-order chi connectivity index (χ1) is 9.83. The molecule has 0 N–H and O–H groups in total. The SMILES string of the molecule is O=C(CCc1ccco1)OCc1csc2ccccc12. The molecule has 20 heavy (non-hydrogen) atoms. The maximum absolute atomic E-state index is 11.7. The van der Waals surface area contributed by atoms with E-state index in [1.165, 1.54) is 4.70 Å². The Kier molecular flexibility index (Phi) is 3.83. The third-order valence-electron chi connectivity index (χ3n) is 3.11. The van der Waals surface area contributed by atoms with Crippen LogP contribution in [0.2, 0.25) is 0 Å². The van der Waals surface area contributed by atoms with Crippen LogP contribution < -0.4 is 0 Å². The van der Waals surface area contributed by atoms with Crippen LogP contribution in [0.25, 0.3) is 10.1 Å². The molecule has 3 nitrogen and oxygen atoms in total. The Bertz CT molecular complexity index is 697. The molecule has 3 aromatic rings. The first-order valence-electron chi connectivity index (χ1n) is 6.46. The molecule has 1 aromatic carbocycles. The zero-order chi connectivity index (χ0) is 13.8. The lowest BCUT2D eigenvalue weighted by atomic mass is 10.2. The van der Waals surface area contributed by atoms with Gasteiger partial charge in [0, 0.05) is 16.7 Å². The molecule has 4 heteroatoms. The summed E-state index contributed by atoms with van der Waals surface area (Å²) in [6, 6.07) is 11.8. The molecule has 2 aromatic heterocycles. The number of rotatable bonds is 5. The summed E-state index contributed by atoms with van der Waals surface area (Å²) in [5, 5.41) is 3.21. The predicted octanol–water partition coefficient (Wildman–Crippen LogP) is 4.17. The van der Waals surface area contributed by atoms with Crippen molar-refractivity contribution in [1.82, 2.24) is 0 Å². The van der Waals surface area contributed by atoms with Gasteiger partial charge in [0.15, 0.2) is 0 Å². The van der Waals surface area contributed by atoms with Gasteiger partial charge in [0.05, 0.1) is 12.7 Å². The van der Waals surface area contributed by atoms with Crippen molar-refractivity contribution in [1.29, 1.82) is 0 Å². The molecule has 102 valence electrons. The maximum atomic E-state index is 11.7. The van der Waals surface area contributed by atoms with Crippen LogP contribution >= 0.6 is 11.3 Å². The predicted molar refractivity (Wildman–Crippen MR) is 78.7 cm³/mol. The van der Waals surface area contributed by atoms with Gasteiger partial charge in [-0.15, -0.1) is 11.3 Å². The molecule has 0 atom stereocenters. The van der Waals surface area contributed by atoms with E-state index in [4.69, 9.17) is 9.15 Å². The minimum Gasteiger partial charge on any atom is -0.469 e. The summed E-state index contributed by atoms with van der Waals surface area (Å²) in [6.07, 6.45) is 2.53. The lowest BCUT2D eigenvalue weighted by Crippen LogP contribution is -2.05. The van der Waals surface area contributed by atoms with Crippen molar-refractivity contribution in [2.75, 3.05) is 0 Å². The van der Waals surface area contributed by atoms with Gasteiger partial charge in [0.25, 0.3) is 0 Å². The number of furan rings is 1. The molecule has 0 fully saturated rings. The van der Waals surface area contributed by atoms with Crippen molar-refractivity contribution in [3.05, 3.63) is 59.4 Å². The molecule has 0 amide bonds. The molecule has 0 radical (unpaired) electrons. The van der Waals surface area contributed by atoms with Crippen molar-refractivity contribution in [2.45, 2.75) is 19.4 Å². The molecule has 0 unspecified atom stereocenters. The number of esters is 1. The standard InChI is InChI=1S/C16H14O3S/c17-16(8-7-13-4-3-9-18-13)19-10-12-11-20-15-6-2-1-5-14(12)15/h1-6,9,11H,7-8,10H2. The van der Waals surface area contributed by atoms with Gasteiger partial charge in [0.1, 0.15) is 12.4 Å². The molecule has 0 aliphatic carbocycles. The Morgan fingerprint density at radius 3 is 2.95 bits per heavy atom. The van der Waals surface area contributed by atoms with Crippen molar-refractivity contribution >= 4 is 27.4 Å². The van der Waals surface area contributed by atoms with E-state index in [9.17, 15) is 4.79 Å². The van der Waals surface area contributed by atoms with Crippen molar-refractivity contribution in [3.63, 3.8) is 0 Å². The molecule has 0 saturated heterocycles. The highest BCUT2D eigenvalue weighted by molar-refractivity contribution is 7.17. The zero-order valence-electron chi connectivity index (χ0n) is 10.9. The van der Waals surface area contributed by atoms with Crippen LogP contribution in [0, 0.1) is 0 Å². The van der Waals surface area contributed by atoms with E-state index in [1.807, 2.05) is 29.6 Å². The van der Waals surface area contributed by atoms with Crippen LogP contribution in [0.15, 0.2) is 52.5 Å². The third kappa shape index (κ3) is 2.91. The number of carbonyl (C=O) groups excluding carboxylic acids is 1. The zero-order valence-corrected chi connectivity index (χ0v) is 11.7. The Hall–Kier alpha value is -2.07. The molecular formula is C16H14O3S. The van der Waals surface area contributed by atoms with Crippen molar-refractivity contribution in [2.24, 2.45) is 0 Å². The largest absolute Gasteiger partial charge is 0.469 e. The second kappa shape index (κ2) is 5.92. The number of carbonyl (C=O) groups is 1. The second-order valence-corrected chi connectivity index (χ2v) is 5.41. The molecule has 0 spiro atoms. The second-order valence-electron chi connectivity index (χ2n) is 4.50. The van der Waals surface area contributed by atoms with Crippen LogP contribution in [0.4, 0.5) is 0 Å². The minimum atomic E-state index is -0.198. The van der Waals surface area contributed by atoms with E-state index in [2.05, 4.69) is 12.1 Å². The minimum absolute atomic E-state index is 0.198. The summed E-state index contributed by atoms with van der Waals surface area (Å²) in [4.78, 5) is 11.7. The van der Waals surface area contributed by atoms with Crippen LogP contribution in [0.3, 0.4) is 0 Å². The van der Waals surface area contributed by atoms with Gasteiger partial charge in [0.2, 0.25) is 0 Å². The Morgan fingerprint density at radius 2 is 2.10 bits per heavy atom. The highest BCUT2D eigenvalue weighted by atomic mass is 32.1. The number of aryl methyl sites for hydroxylation is 1. The summed E-state index contributed by atoms with van der Waals surface area (Å²) in [5.74, 6) is 0.611. The van der Waals surface area contributed by atoms with Crippen LogP contribution in [0.1, 0.15) is 17.7 Å². The summed E-state index contributed by atoms with van der Waals surface area (Å²) < 4.78 is 11.7. The monoisotopic (exact) mass is 286 g/mol. The average Bonchev–Trinajstić information content (AvgIpc) is 3.12. The highest BCUT2D eigenvalue weighted by Crippen LogP contribution is 2.26. The Balaban J connectivity index is 1.55. The van der Waals surface area contributed by atoms with Crippen LogP contribution in [0.5, 0.6) is 0 Å². The molecule has 3 rings (SSSR count). The molecule has 2 heterocycles. The Morgan fingerprint density at radius 1 is 1.20 bits per heavy atom. The van der Waals surface area contributed by atoms with Gasteiger partial charge in [-0.3, -0.25) is 4.79 Å². The van der Waals surface area contributed by atoms with Crippen molar-refractivity contribution < 1.29 is 13.9 Å². The topological polar surface area (TPSA) is 39.4 Å². The van der Waals surface area contributed by atoms with E-state index in [1.54, 1.807) is 17.6 Å². The summed E-state index contributed by atoms with van der Waals surface area (Å²) >= 11 is 1.67. The number of thiophene rings is 1. The highest BCUT2D eigenvalue weighted by Gasteiger charge is 2.08. The molecule has 0 bridgehead atoms. The smallest absolute Gasteiger partial charge is 0.306 e. The molecule has 0 aliphatic heterocycles. The van der Waals surface area contributed by atoms with E-state index in [-0.39, 0.29) is 5.97 Å². The van der Waals surface area contributed by atoms with Crippen LogP contribution in [-0.2, 0) is 22.6 Å². The number of ether oxygens (including phenoxy) is 1. The summed E-state index contributed by atoms with van der Waals surface area (Å²) in [5.41, 5.74) is 1.07. The van der Waals surface area contributed by atoms with Gasteiger partial charge >= 0.3 is 5.97 Å². The molecule has 0 saturated carbocycles. The van der Waals surface area contributed by atoms with Gasteiger partial charge in [-0.05, 0) is 29.0 Å². The number of fused-ring (bicyclic) bond motifs is 1. The third-order valence-corrected chi connectivity index (χ3v) is 4.12. The number of benzene rings is 1. The van der Waals surface area contributed by atoms with Crippen molar-refractivity contribution in [3.8, 4) is 0 Å². The van der Waals surface area contributed by atoms with E-state index >= 15 is 0 Å². The number of hydrogen-bond acceptors (Lipinski definition) is 4. The van der Waals surface area contributed by atoms with E-state index in [0.29, 0.717) is 19.4 Å². The summed E-state index contributed by atoms with van der Waals surface area (Å²) in [6.45, 7) is 0.334. The maximum Gasteiger partial charge on any atom is 0.306 e. The lowest BCUT2D eigenvalue weighted by molar-refractivity contribution is -0.144. The van der Waals surface area contributed by atoms with E-state index < -0.39 is 0 Å². The Labute approximate surface area is 120 Å². The fourth-order valence-electron chi connectivity index (χ4n) is 2.06. The van der Waals surface area contributed by atoms with Gasteiger partial charge in [-0.2, -0.15) is 0 Å². The quantitative estimate of drug-likeness (QED) is 0.661. The lowest BCUT2D eigenvalue weighted by Gasteiger charge is -2.03. The van der Waals surface area contributed by atoms with Crippen LogP contribution in [-0.4, -0.2) is 5.97 Å².